The van der Waals surface area contributed by atoms with Gasteiger partial charge in [0.15, 0.2) is 0 Å². The molecule has 0 aliphatic carbocycles. The zero-order valence-electron chi connectivity index (χ0n) is 9.44. The van der Waals surface area contributed by atoms with Crippen LogP contribution >= 0.6 is 11.8 Å². The quantitative estimate of drug-likeness (QED) is 0.782. The van der Waals surface area contributed by atoms with Crippen LogP contribution < -0.4 is 5.32 Å². The second-order valence-corrected chi connectivity index (χ2v) is 5.85. The van der Waals surface area contributed by atoms with E-state index in [1.807, 2.05) is 0 Å². The average Bonchev–Trinajstić information content (AvgIpc) is 2.43. The highest BCUT2D eigenvalue weighted by Crippen LogP contribution is 2.30. The number of benzene rings is 1. The summed E-state index contributed by atoms with van der Waals surface area (Å²) in [5, 5.41) is 4.34. The number of rotatable bonds is 1. The molecule has 1 aliphatic heterocycles. The lowest BCUT2D eigenvalue weighted by Gasteiger charge is -2.22. The Balaban J connectivity index is 2.13. The molecule has 1 heterocycles. The van der Waals surface area contributed by atoms with Crippen LogP contribution in [0.25, 0.3) is 0 Å². The van der Waals surface area contributed by atoms with E-state index in [-0.39, 0.29) is 0 Å². The predicted molar refractivity (Wildman–Crippen MR) is 68.3 cm³/mol. The molecule has 2 rings (SSSR count). The van der Waals surface area contributed by atoms with E-state index in [9.17, 15) is 0 Å². The van der Waals surface area contributed by atoms with Crippen molar-refractivity contribution in [3.05, 3.63) is 35.9 Å². The summed E-state index contributed by atoms with van der Waals surface area (Å²) in [5.41, 5.74) is 1.42. The van der Waals surface area contributed by atoms with Crippen molar-refractivity contribution >= 4 is 11.8 Å². The highest BCUT2D eigenvalue weighted by molar-refractivity contribution is 7.99. The summed E-state index contributed by atoms with van der Waals surface area (Å²) in [6.45, 7) is 5.78. The van der Waals surface area contributed by atoms with Crippen LogP contribution in [0, 0.1) is 5.92 Å². The molecule has 1 aliphatic rings. The Kier molecular flexibility index (Phi) is 3.71. The Morgan fingerprint density at radius 1 is 1.20 bits per heavy atom. The van der Waals surface area contributed by atoms with Crippen LogP contribution in [0.2, 0.25) is 0 Å². The van der Waals surface area contributed by atoms with Gasteiger partial charge in [-0.2, -0.15) is 11.8 Å². The molecular weight excluding hydrogens is 202 g/mol. The standard InChI is InChI=1S/C13H19NS/c1-10-8-14-13(11(2)15-9-10)12-6-4-3-5-7-12/h3-7,10-11,13-14H,8-9H2,1-2H3. The molecule has 0 amide bonds. The Labute approximate surface area is 96.7 Å². The zero-order valence-corrected chi connectivity index (χ0v) is 10.3. The Bertz CT molecular complexity index is 299. The Morgan fingerprint density at radius 3 is 2.67 bits per heavy atom. The maximum Gasteiger partial charge on any atom is 0.0437 e. The first-order valence-corrected chi connectivity index (χ1v) is 6.72. The molecular formula is C13H19NS. The minimum Gasteiger partial charge on any atom is -0.309 e. The van der Waals surface area contributed by atoms with Crippen LogP contribution in [0.3, 0.4) is 0 Å². The van der Waals surface area contributed by atoms with E-state index in [0.717, 1.165) is 12.5 Å². The van der Waals surface area contributed by atoms with Crippen molar-refractivity contribution in [1.82, 2.24) is 5.32 Å². The van der Waals surface area contributed by atoms with Gasteiger partial charge in [-0.25, -0.2) is 0 Å². The second-order valence-electron chi connectivity index (χ2n) is 4.44. The van der Waals surface area contributed by atoms with E-state index in [1.54, 1.807) is 0 Å². The smallest absolute Gasteiger partial charge is 0.0437 e. The van der Waals surface area contributed by atoms with E-state index >= 15 is 0 Å². The van der Waals surface area contributed by atoms with E-state index in [1.165, 1.54) is 11.3 Å². The maximum atomic E-state index is 3.68. The maximum absolute atomic E-state index is 3.68. The minimum absolute atomic E-state index is 0.515. The van der Waals surface area contributed by atoms with E-state index in [4.69, 9.17) is 0 Å². The largest absolute Gasteiger partial charge is 0.309 e. The average molecular weight is 221 g/mol. The van der Waals surface area contributed by atoms with Gasteiger partial charge in [-0.15, -0.1) is 0 Å². The second kappa shape index (κ2) is 5.04. The van der Waals surface area contributed by atoms with Gasteiger partial charge in [-0.1, -0.05) is 44.2 Å². The summed E-state index contributed by atoms with van der Waals surface area (Å²) in [6, 6.07) is 11.3. The molecule has 1 aromatic rings. The monoisotopic (exact) mass is 221 g/mol. The molecule has 1 fully saturated rings. The first-order chi connectivity index (χ1) is 7.27. The fourth-order valence-electron chi connectivity index (χ4n) is 2.01. The topological polar surface area (TPSA) is 12.0 Å². The predicted octanol–water partition coefficient (Wildman–Crippen LogP) is 3.09. The Hall–Kier alpha value is -0.470. The summed E-state index contributed by atoms with van der Waals surface area (Å²) in [7, 11) is 0. The summed E-state index contributed by atoms with van der Waals surface area (Å²) in [6.07, 6.45) is 0. The van der Waals surface area contributed by atoms with Crippen molar-refractivity contribution in [3.63, 3.8) is 0 Å². The molecule has 0 aromatic heterocycles. The van der Waals surface area contributed by atoms with Crippen LogP contribution in [-0.2, 0) is 0 Å². The lowest BCUT2D eigenvalue weighted by Crippen LogP contribution is -2.28. The fraction of sp³-hybridized carbons (Fsp3) is 0.538. The fourth-order valence-corrected chi connectivity index (χ4v) is 3.21. The summed E-state index contributed by atoms with van der Waals surface area (Å²) < 4.78 is 0. The van der Waals surface area contributed by atoms with Crippen molar-refractivity contribution in [1.29, 1.82) is 0 Å². The molecule has 1 saturated heterocycles. The normalized spacial score (nSPS) is 32.3. The number of hydrogen-bond acceptors (Lipinski definition) is 2. The molecule has 1 nitrogen and oxygen atoms in total. The van der Waals surface area contributed by atoms with Crippen molar-refractivity contribution in [2.45, 2.75) is 25.1 Å². The lowest BCUT2D eigenvalue weighted by molar-refractivity contribution is 0.490. The van der Waals surface area contributed by atoms with Gasteiger partial charge < -0.3 is 5.32 Å². The van der Waals surface area contributed by atoms with Gasteiger partial charge in [0.05, 0.1) is 0 Å². The highest BCUT2D eigenvalue weighted by Gasteiger charge is 2.23. The van der Waals surface area contributed by atoms with E-state index in [0.29, 0.717) is 11.3 Å². The van der Waals surface area contributed by atoms with Gasteiger partial charge in [0, 0.05) is 11.3 Å². The van der Waals surface area contributed by atoms with Crippen LogP contribution in [0.4, 0.5) is 0 Å². The lowest BCUT2D eigenvalue weighted by atomic mass is 10.0. The van der Waals surface area contributed by atoms with Gasteiger partial charge >= 0.3 is 0 Å². The number of thioether (sulfide) groups is 1. The number of nitrogens with one attached hydrogen (secondary N) is 1. The first kappa shape index (κ1) is 11.0. The molecule has 15 heavy (non-hydrogen) atoms. The van der Waals surface area contributed by atoms with Crippen LogP contribution in [-0.4, -0.2) is 17.5 Å². The van der Waals surface area contributed by atoms with Crippen LogP contribution in [0.1, 0.15) is 25.5 Å². The first-order valence-electron chi connectivity index (χ1n) is 5.67. The van der Waals surface area contributed by atoms with Gasteiger partial charge in [-0.05, 0) is 23.8 Å². The summed E-state index contributed by atoms with van der Waals surface area (Å²) in [4.78, 5) is 0. The summed E-state index contributed by atoms with van der Waals surface area (Å²) >= 11 is 2.09. The van der Waals surface area contributed by atoms with E-state index in [2.05, 4.69) is 61.3 Å². The molecule has 0 saturated carbocycles. The molecule has 0 spiro atoms. The van der Waals surface area contributed by atoms with Crippen molar-refractivity contribution in [2.24, 2.45) is 5.92 Å². The zero-order chi connectivity index (χ0) is 10.7. The minimum atomic E-state index is 0.515. The van der Waals surface area contributed by atoms with Gasteiger partial charge in [0.2, 0.25) is 0 Å². The molecule has 2 heteroatoms. The highest BCUT2D eigenvalue weighted by atomic mass is 32.2. The van der Waals surface area contributed by atoms with Crippen molar-refractivity contribution < 1.29 is 0 Å². The van der Waals surface area contributed by atoms with Crippen LogP contribution in [0.5, 0.6) is 0 Å². The molecule has 1 N–H and O–H groups in total. The molecule has 0 radical (unpaired) electrons. The third-order valence-corrected chi connectivity index (χ3v) is 4.52. The molecule has 3 atom stereocenters. The van der Waals surface area contributed by atoms with Gasteiger partial charge in [-0.3, -0.25) is 0 Å². The summed E-state index contributed by atoms with van der Waals surface area (Å²) in [5.74, 6) is 2.06. The molecule has 0 bridgehead atoms. The van der Waals surface area contributed by atoms with Gasteiger partial charge in [0.1, 0.15) is 0 Å². The van der Waals surface area contributed by atoms with Crippen molar-refractivity contribution in [2.75, 3.05) is 12.3 Å². The Morgan fingerprint density at radius 2 is 1.93 bits per heavy atom. The molecule has 3 unspecified atom stereocenters. The third-order valence-electron chi connectivity index (χ3n) is 2.96. The van der Waals surface area contributed by atoms with E-state index < -0.39 is 0 Å². The third kappa shape index (κ3) is 2.76. The SMILES string of the molecule is CC1CNC(c2ccccc2)C(C)SC1. The van der Waals surface area contributed by atoms with Crippen molar-refractivity contribution in [3.8, 4) is 0 Å². The molecule has 82 valence electrons. The number of hydrogen-bond donors (Lipinski definition) is 1. The van der Waals surface area contributed by atoms with Crippen LogP contribution in [0.15, 0.2) is 30.3 Å². The molecule has 1 aromatic carbocycles. The van der Waals surface area contributed by atoms with Gasteiger partial charge in [0.25, 0.3) is 0 Å².